The molecule has 0 bridgehead atoms. The summed E-state index contributed by atoms with van der Waals surface area (Å²) in [5.41, 5.74) is 7.69. The van der Waals surface area contributed by atoms with E-state index in [2.05, 4.69) is 10.1 Å². The Bertz CT molecular complexity index is 1430. The third kappa shape index (κ3) is 6.07. The van der Waals surface area contributed by atoms with Gasteiger partial charge >= 0.3 is 0 Å². The average Bonchev–Trinajstić information content (AvgIpc) is 2.82. The van der Waals surface area contributed by atoms with E-state index in [1.165, 1.54) is 19.4 Å². The molecule has 0 atom stereocenters. The number of amidine groups is 1. The van der Waals surface area contributed by atoms with Crippen LogP contribution >= 0.6 is 0 Å². The molecule has 35 heavy (non-hydrogen) atoms. The van der Waals surface area contributed by atoms with Gasteiger partial charge in [-0.05, 0) is 48.7 Å². The Kier molecular flexibility index (Phi) is 7.60. The molecule has 0 aliphatic carbocycles. The number of hydrogen-bond acceptors (Lipinski definition) is 6. The number of methoxy groups -OCH3 is 1. The third-order valence-electron chi connectivity index (χ3n) is 5.35. The van der Waals surface area contributed by atoms with Gasteiger partial charge in [-0.2, -0.15) is 8.42 Å². The van der Waals surface area contributed by atoms with Crippen LogP contribution in [0.15, 0.2) is 64.4 Å². The monoisotopic (exact) mass is 497 g/mol. The Morgan fingerprint density at radius 1 is 1.11 bits per heavy atom. The molecule has 0 fully saturated rings. The number of ether oxygens (including phenoxy) is 1. The number of carbonyl (C=O) groups is 1. The second-order valence-corrected chi connectivity index (χ2v) is 9.59. The van der Waals surface area contributed by atoms with Gasteiger partial charge in [0.15, 0.2) is 0 Å². The minimum absolute atomic E-state index is 0.0483. The summed E-state index contributed by atoms with van der Waals surface area (Å²) in [6.45, 7) is 3.69. The molecule has 0 spiro atoms. The molecule has 10 nitrogen and oxygen atoms in total. The number of benzene rings is 2. The van der Waals surface area contributed by atoms with Crippen LogP contribution in [0.2, 0.25) is 0 Å². The minimum Gasteiger partial charge on any atom is -0.495 e. The zero-order valence-corrected chi connectivity index (χ0v) is 20.4. The summed E-state index contributed by atoms with van der Waals surface area (Å²) in [5, 5.41) is 10.2. The van der Waals surface area contributed by atoms with Gasteiger partial charge in [-0.25, -0.2) is 9.51 Å². The van der Waals surface area contributed by atoms with E-state index in [1.54, 1.807) is 56.3 Å². The fraction of sp³-hybridized carbons (Fsp3) is 0.208. The van der Waals surface area contributed by atoms with Crippen molar-refractivity contribution in [1.29, 1.82) is 5.41 Å². The van der Waals surface area contributed by atoms with Crippen LogP contribution in [0.25, 0.3) is 0 Å². The number of nitrogens with zero attached hydrogens (tertiary/aromatic N) is 1. The molecule has 0 unspecified atom stereocenters. The molecule has 0 radical (unpaired) electrons. The number of nitrogens with one attached hydrogen (secondary N) is 3. The first-order chi connectivity index (χ1) is 16.5. The number of carbonyl (C=O) groups excluding carboxylic acids is 1. The summed E-state index contributed by atoms with van der Waals surface area (Å²) in [6, 6.07) is 13.0. The van der Waals surface area contributed by atoms with E-state index < -0.39 is 21.5 Å². The number of sulfonamides is 1. The van der Waals surface area contributed by atoms with E-state index >= 15 is 0 Å². The SMILES string of the molecule is COc1cc(C)ccc1S(=O)(=O)Nn1ccc(C)c(CC(=O)NCc2ccc(C(=N)N)cc2)c1=O. The Morgan fingerprint density at radius 3 is 2.43 bits per heavy atom. The molecule has 11 heteroatoms. The van der Waals surface area contributed by atoms with E-state index in [0.29, 0.717) is 11.1 Å². The summed E-state index contributed by atoms with van der Waals surface area (Å²) in [4.78, 5) is 27.7. The molecule has 5 N–H and O–H groups in total. The lowest BCUT2D eigenvalue weighted by molar-refractivity contribution is -0.120. The zero-order chi connectivity index (χ0) is 25.8. The van der Waals surface area contributed by atoms with Crippen LogP contribution in [0.4, 0.5) is 0 Å². The van der Waals surface area contributed by atoms with Crippen LogP contribution in [0.3, 0.4) is 0 Å². The van der Waals surface area contributed by atoms with Crippen LogP contribution in [-0.4, -0.2) is 31.9 Å². The topological polar surface area (TPSA) is 156 Å². The Morgan fingerprint density at radius 2 is 1.80 bits per heavy atom. The number of amides is 1. The molecule has 0 saturated heterocycles. The van der Waals surface area contributed by atoms with Crippen molar-refractivity contribution < 1.29 is 17.9 Å². The highest BCUT2D eigenvalue weighted by Crippen LogP contribution is 2.25. The van der Waals surface area contributed by atoms with Crippen molar-refractivity contribution in [2.75, 3.05) is 11.9 Å². The van der Waals surface area contributed by atoms with Crippen LogP contribution < -0.4 is 26.2 Å². The quantitative estimate of drug-likeness (QED) is 0.260. The molecule has 0 aliphatic rings. The van der Waals surface area contributed by atoms with Gasteiger partial charge in [0.25, 0.3) is 15.6 Å². The lowest BCUT2D eigenvalue weighted by atomic mass is 10.1. The van der Waals surface area contributed by atoms with Crippen molar-refractivity contribution in [3.63, 3.8) is 0 Å². The molecular formula is C24H27N5O5S. The highest BCUT2D eigenvalue weighted by atomic mass is 32.2. The molecule has 184 valence electrons. The number of aryl methyl sites for hydroxylation is 2. The van der Waals surface area contributed by atoms with Crippen molar-refractivity contribution >= 4 is 21.8 Å². The first kappa shape index (κ1) is 25.5. The van der Waals surface area contributed by atoms with Crippen molar-refractivity contribution in [1.82, 2.24) is 9.99 Å². The number of pyridine rings is 1. The molecule has 0 saturated carbocycles. The molecule has 3 aromatic rings. The normalized spacial score (nSPS) is 11.1. The highest BCUT2D eigenvalue weighted by Gasteiger charge is 2.21. The Labute approximate surface area is 203 Å². The van der Waals surface area contributed by atoms with Crippen molar-refractivity contribution in [2.24, 2.45) is 5.73 Å². The first-order valence-electron chi connectivity index (χ1n) is 10.6. The molecular weight excluding hydrogens is 470 g/mol. The maximum absolute atomic E-state index is 13.0. The van der Waals surface area contributed by atoms with Gasteiger partial charge in [-0.3, -0.25) is 15.0 Å². The molecule has 3 rings (SSSR count). The minimum atomic E-state index is -4.15. The lowest BCUT2D eigenvalue weighted by Gasteiger charge is -2.15. The Hall–Kier alpha value is -4.12. The van der Waals surface area contributed by atoms with Gasteiger partial charge in [0.2, 0.25) is 5.91 Å². The van der Waals surface area contributed by atoms with Gasteiger partial charge < -0.3 is 15.8 Å². The van der Waals surface area contributed by atoms with Crippen molar-refractivity contribution in [3.8, 4) is 5.75 Å². The maximum atomic E-state index is 13.0. The van der Waals surface area contributed by atoms with Crippen LogP contribution in [0.1, 0.15) is 27.8 Å². The largest absolute Gasteiger partial charge is 0.495 e. The zero-order valence-electron chi connectivity index (χ0n) is 19.6. The van der Waals surface area contributed by atoms with Gasteiger partial charge in [0, 0.05) is 23.9 Å². The van der Waals surface area contributed by atoms with E-state index in [-0.39, 0.29) is 35.0 Å². The summed E-state index contributed by atoms with van der Waals surface area (Å²) < 4.78 is 31.9. The second kappa shape index (κ2) is 10.4. The third-order valence-corrected chi connectivity index (χ3v) is 6.70. The summed E-state index contributed by atoms with van der Waals surface area (Å²) in [7, 11) is -2.78. The number of rotatable bonds is 9. The summed E-state index contributed by atoms with van der Waals surface area (Å²) in [5.74, 6) is -0.303. The average molecular weight is 498 g/mol. The van der Waals surface area contributed by atoms with Crippen molar-refractivity contribution in [3.05, 3.63) is 92.9 Å². The fourth-order valence-electron chi connectivity index (χ4n) is 3.36. The van der Waals surface area contributed by atoms with Crippen molar-refractivity contribution in [2.45, 2.75) is 31.7 Å². The van der Waals surface area contributed by atoms with E-state index in [9.17, 15) is 18.0 Å². The Balaban J connectivity index is 1.77. The molecule has 2 aromatic carbocycles. The number of aromatic nitrogens is 1. The molecule has 1 amide bonds. The second-order valence-electron chi connectivity index (χ2n) is 7.97. The standard InChI is InChI=1S/C24H27N5O5S/c1-15-4-9-21(20(12-15)34-3)35(32,33)28-29-11-10-16(2)19(24(29)31)13-22(30)27-14-17-5-7-18(8-6-17)23(25)26/h4-12,28H,13-14H2,1-3H3,(H3,25,26)(H,27,30). The number of nitrogens with two attached hydrogens (primary N) is 1. The maximum Gasteiger partial charge on any atom is 0.279 e. The summed E-state index contributed by atoms with van der Waals surface area (Å²) >= 11 is 0. The highest BCUT2D eigenvalue weighted by molar-refractivity contribution is 7.92. The molecule has 0 aliphatic heterocycles. The van der Waals surface area contributed by atoms with E-state index in [1.807, 2.05) is 0 Å². The number of nitrogen functional groups attached to an aromatic ring is 1. The van der Waals surface area contributed by atoms with Crippen LogP contribution in [-0.2, 0) is 27.8 Å². The van der Waals surface area contributed by atoms with Gasteiger partial charge in [0.1, 0.15) is 16.5 Å². The lowest BCUT2D eigenvalue weighted by Crippen LogP contribution is -2.36. The predicted molar refractivity (Wildman–Crippen MR) is 133 cm³/mol. The number of hydrogen-bond donors (Lipinski definition) is 4. The van der Waals surface area contributed by atoms with Gasteiger partial charge in [-0.1, -0.05) is 30.3 Å². The molecule has 1 aromatic heterocycles. The summed E-state index contributed by atoms with van der Waals surface area (Å²) in [6.07, 6.45) is 1.07. The smallest absolute Gasteiger partial charge is 0.279 e. The fourth-order valence-corrected chi connectivity index (χ4v) is 4.51. The van der Waals surface area contributed by atoms with E-state index in [0.717, 1.165) is 15.8 Å². The van der Waals surface area contributed by atoms with Crippen LogP contribution in [0, 0.1) is 19.3 Å². The molecule has 1 heterocycles. The first-order valence-corrected chi connectivity index (χ1v) is 12.1. The van der Waals surface area contributed by atoms with Gasteiger partial charge in [-0.15, -0.1) is 0 Å². The van der Waals surface area contributed by atoms with Crippen LogP contribution in [0.5, 0.6) is 5.75 Å². The predicted octanol–water partition coefficient (Wildman–Crippen LogP) is 1.55. The van der Waals surface area contributed by atoms with E-state index in [4.69, 9.17) is 15.9 Å². The van der Waals surface area contributed by atoms with Gasteiger partial charge in [0.05, 0.1) is 13.5 Å².